The van der Waals surface area contributed by atoms with Crippen molar-refractivity contribution >= 4 is 24.7 Å². The van der Waals surface area contributed by atoms with Crippen LogP contribution in [-0.4, -0.2) is 39.2 Å². The van der Waals surface area contributed by atoms with Gasteiger partial charge < -0.3 is 18.6 Å². The third-order valence-corrected chi connectivity index (χ3v) is 13.0. The van der Waals surface area contributed by atoms with Gasteiger partial charge in [0.1, 0.15) is 5.60 Å². The van der Waals surface area contributed by atoms with Crippen LogP contribution < -0.4 is 10.4 Å². The molecule has 0 spiro atoms. The molecule has 0 N–H and O–H groups in total. The second-order valence-corrected chi connectivity index (χ2v) is 18.2. The van der Waals surface area contributed by atoms with Crippen molar-refractivity contribution in [1.29, 1.82) is 0 Å². The van der Waals surface area contributed by atoms with E-state index in [0.29, 0.717) is 26.4 Å². The van der Waals surface area contributed by atoms with Gasteiger partial charge in [-0.1, -0.05) is 142 Å². The van der Waals surface area contributed by atoms with E-state index in [1.54, 1.807) is 0 Å². The maximum Gasteiger partial charge on any atom is 0.306 e. The molecule has 46 heavy (non-hydrogen) atoms. The number of carbonyl (C=O) groups is 1. The maximum absolute atomic E-state index is 13.4. The fourth-order valence-corrected chi connectivity index (χ4v) is 10.5. The van der Waals surface area contributed by atoms with Crippen molar-refractivity contribution in [3.8, 4) is 0 Å². The summed E-state index contributed by atoms with van der Waals surface area (Å²) in [7, 11) is -2.88. The van der Waals surface area contributed by atoms with Gasteiger partial charge in [-0.3, -0.25) is 4.79 Å². The molecule has 244 valence electrons. The molecule has 0 radical (unpaired) electrons. The molecule has 0 aliphatic rings. The molecule has 0 aliphatic heterocycles. The monoisotopic (exact) mass is 638 g/mol. The van der Waals surface area contributed by atoms with E-state index in [1.807, 2.05) is 93.6 Å². The van der Waals surface area contributed by atoms with E-state index in [0.717, 1.165) is 11.1 Å². The minimum atomic E-state index is -2.88. The largest absolute Gasteiger partial charge is 0.460 e. The molecule has 0 heterocycles. The number of ether oxygens (including phenoxy) is 3. The Hall–Kier alpha value is -3.55. The summed E-state index contributed by atoms with van der Waals surface area (Å²) in [4.78, 5) is 13.4. The zero-order valence-electron chi connectivity index (χ0n) is 28.3. The summed E-state index contributed by atoms with van der Waals surface area (Å²) >= 11 is 0. The summed E-state index contributed by atoms with van der Waals surface area (Å²) in [6, 6.07) is 41.3. The molecule has 0 aliphatic carbocycles. The molecule has 2 atom stereocenters. The first-order chi connectivity index (χ1) is 22.0. The van der Waals surface area contributed by atoms with Gasteiger partial charge in [0.25, 0.3) is 8.32 Å². The molecule has 0 unspecified atom stereocenters. The van der Waals surface area contributed by atoms with Gasteiger partial charge in [-0.2, -0.15) is 0 Å². The highest BCUT2D eigenvalue weighted by molar-refractivity contribution is 6.99. The molecule has 0 saturated carbocycles. The molecule has 4 aromatic rings. The van der Waals surface area contributed by atoms with Crippen LogP contribution >= 0.6 is 0 Å². The van der Waals surface area contributed by atoms with Gasteiger partial charge in [-0.05, 0) is 47.3 Å². The molecule has 5 nitrogen and oxygen atoms in total. The van der Waals surface area contributed by atoms with Crippen LogP contribution in [0.2, 0.25) is 5.04 Å². The van der Waals surface area contributed by atoms with Crippen molar-refractivity contribution in [3.05, 3.63) is 132 Å². The highest BCUT2D eigenvalue weighted by Crippen LogP contribution is 2.37. The maximum atomic E-state index is 13.4. The normalized spacial score (nSPS) is 13.6. The topological polar surface area (TPSA) is 54.0 Å². The van der Waals surface area contributed by atoms with E-state index in [2.05, 4.69) is 69.3 Å². The number of benzene rings is 4. The predicted molar refractivity (Wildman–Crippen MR) is 189 cm³/mol. The van der Waals surface area contributed by atoms with Gasteiger partial charge in [0, 0.05) is 12.5 Å². The zero-order valence-corrected chi connectivity index (χ0v) is 29.3. The summed E-state index contributed by atoms with van der Waals surface area (Å²) in [6.07, 6.45) is -0.279. The van der Waals surface area contributed by atoms with Crippen LogP contribution in [-0.2, 0) is 36.6 Å². The molecule has 0 aromatic heterocycles. The summed E-state index contributed by atoms with van der Waals surface area (Å²) in [5.74, 6) is -0.601. The Morgan fingerprint density at radius 2 is 1.09 bits per heavy atom. The lowest BCUT2D eigenvalue weighted by Gasteiger charge is -2.44. The van der Waals surface area contributed by atoms with Crippen LogP contribution in [0.3, 0.4) is 0 Å². The first-order valence-corrected chi connectivity index (χ1v) is 18.1. The first-order valence-electron chi connectivity index (χ1n) is 16.2. The van der Waals surface area contributed by atoms with E-state index < -0.39 is 20.0 Å². The number of hydrogen-bond acceptors (Lipinski definition) is 5. The average Bonchev–Trinajstić information content (AvgIpc) is 3.03. The van der Waals surface area contributed by atoms with Crippen LogP contribution in [0.4, 0.5) is 0 Å². The molecule has 0 saturated heterocycles. The molecule has 4 rings (SSSR count). The van der Waals surface area contributed by atoms with E-state index in [4.69, 9.17) is 18.6 Å². The lowest BCUT2D eigenvalue weighted by atomic mass is 9.99. The predicted octanol–water partition coefficient (Wildman–Crippen LogP) is 7.71. The SMILES string of the molecule is CC(C)(C)OC(=O)C[C@@H](CO[Si](c1ccccc1)(c1ccccc1)C(C)(C)C)[C@@H](COCc1ccccc1)OCc1ccccc1. The van der Waals surface area contributed by atoms with Crippen LogP contribution in [0.5, 0.6) is 0 Å². The van der Waals surface area contributed by atoms with Crippen molar-refractivity contribution < 1.29 is 23.4 Å². The van der Waals surface area contributed by atoms with E-state index >= 15 is 0 Å². The summed E-state index contributed by atoms with van der Waals surface area (Å²) in [6.45, 7) is 13.9. The smallest absolute Gasteiger partial charge is 0.306 e. The summed E-state index contributed by atoms with van der Waals surface area (Å²) in [5, 5.41) is 2.16. The Morgan fingerprint density at radius 1 is 0.630 bits per heavy atom. The summed E-state index contributed by atoms with van der Waals surface area (Å²) in [5.41, 5.74) is 1.53. The fraction of sp³-hybridized carbons (Fsp3) is 0.375. The Kier molecular flexibility index (Phi) is 12.5. The van der Waals surface area contributed by atoms with Crippen molar-refractivity contribution in [2.45, 2.75) is 77.9 Å². The van der Waals surface area contributed by atoms with Gasteiger partial charge in [0.2, 0.25) is 0 Å². The Morgan fingerprint density at radius 3 is 1.54 bits per heavy atom. The van der Waals surface area contributed by atoms with Gasteiger partial charge >= 0.3 is 5.97 Å². The minimum absolute atomic E-state index is 0.142. The zero-order chi connectivity index (χ0) is 33.0. The van der Waals surface area contributed by atoms with Crippen LogP contribution in [0.25, 0.3) is 0 Å². The molecular formula is C40H50O5Si. The summed E-state index contributed by atoms with van der Waals surface area (Å²) < 4.78 is 26.1. The number of hydrogen-bond donors (Lipinski definition) is 0. The van der Waals surface area contributed by atoms with Crippen molar-refractivity contribution in [3.63, 3.8) is 0 Å². The second kappa shape index (κ2) is 16.3. The van der Waals surface area contributed by atoms with Crippen LogP contribution in [0.15, 0.2) is 121 Å². The fourth-order valence-electron chi connectivity index (χ4n) is 5.85. The Labute approximate surface area is 277 Å². The van der Waals surface area contributed by atoms with Crippen LogP contribution in [0.1, 0.15) is 59.1 Å². The van der Waals surface area contributed by atoms with Gasteiger partial charge in [0.15, 0.2) is 0 Å². The first kappa shape index (κ1) is 35.3. The molecule has 0 fully saturated rings. The molecule has 6 heteroatoms. The second-order valence-electron chi connectivity index (χ2n) is 13.9. The molecule has 0 amide bonds. The highest BCUT2D eigenvalue weighted by atomic mass is 28.4. The van der Waals surface area contributed by atoms with Crippen molar-refractivity contribution in [2.75, 3.05) is 13.2 Å². The lowest BCUT2D eigenvalue weighted by Crippen LogP contribution is -2.67. The van der Waals surface area contributed by atoms with E-state index in [9.17, 15) is 4.79 Å². The number of carbonyl (C=O) groups excluding carboxylic acids is 1. The lowest BCUT2D eigenvalue weighted by molar-refractivity contribution is -0.159. The van der Waals surface area contributed by atoms with Gasteiger partial charge in [-0.15, -0.1) is 0 Å². The van der Waals surface area contributed by atoms with E-state index in [1.165, 1.54) is 10.4 Å². The van der Waals surface area contributed by atoms with Crippen molar-refractivity contribution in [2.24, 2.45) is 5.92 Å². The quantitative estimate of drug-likeness (QED) is 0.0986. The molecule has 4 aromatic carbocycles. The highest BCUT2D eigenvalue weighted by Gasteiger charge is 2.50. The van der Waals surface area contributed by atoms with Crippen molar-refractivity contribution in [1.82, 2.24) is 0 Å². The Bertz CT molecular complexity index is 1410. The number of esters is 1. The third-order valence-electron chi connectivity index (χ3n) is 8.01. The average molecular weight is 639 g/mol. The number of rotatable bonds is 15. The minimum Gasteiger partial charge on any atom is -0.460 e. The van der Waals surface area contributed by atoms with Crippen LogP contribution in [0, 0.1) is 5.92 Å². The molecular weight excluding hydrogens is 589 g/mol. The molecule has 0 bridgehead atoms. The van der Waals surface area contributed by atoms with Gasteiger partial charge in [0.05, 0.1) is 32.3 Å². The Balaban J connectivity index is 1.70. The third kappa shape index (κ3) is 9.97. The standard InChI is InChI=1S/C40H50O5Si/c1-39(2,3)45-38(41)27-34(37(43-29-33-21-13-8-14-22-33)31-42-28-32-19-11-7-12-20-32)30-44-46(40(4,5)6,35-23-15-9-16-24-35)36-25-17-10-18-26-36/h7-26,34,37H,27-31H2,1-6H3/t34-,37+/m0/s1. The van der Waals surface area contributed by atoms with Gasteiger partial charge in [-0.25, -0.2) is 0 Å². The van der Waals surface area contributed by atoms with E-state index in [-0.39, 0.29) is 23.3 Å².